The lowest BCUT2D eigenvalue weighted by Crippen LogP contribution is -2.55. The first kappa shape index (κ1) is 32.5. The predicted octanol–water partition coefficient (Wildman–Crippen LogP) is 2.29. The second-order valence-corrected chi connectivity index (χ2v) is 10.6. The largest absolute Gasteiger partial charge is 0.467 e. The van der Waals surface area contributed by atoms with Crippen LogP contribution < -0.4 is 21.7 Å². The molecule has 6 N–H and O–H groups in total. The van der Waals surface area contributed by atoms with Gasteiger partial charge in [0.2, 0.25) is 11.8 Å². The average molecular weight is 521 g/mol. The Kier molecular flexibility index (Phi) is 14.4. The number of methoxy groups -OCH3 is 1. The van der Waals surface area contributed by atoms with Crippen molar-refractivity contribution in [1.29, 1.82) is 0 Å². The molecule has 0 radical (unpaired) electrons. The van der Waals surface area contributed by atoms with Crippen LogP contribution in [0.2, 0.25) is 0 Å². The molecule has 0 aromatic heterocycles. The number of aliphatic hydroxyl groups is 1. The number of hydrogen-bond acceptors (Lipinski definition) is 7. The minimum Gasteiger partial charge on any atom is -0.467 e. The van der Waals surface area contributed by atoms with Crippen LogP contribution in [0.5, 0.6) is 0 Å². The van der Waals surface area contributed by atoms with E-state index in [9.17, 15) is 19.5 Å². The molecule has 210 valence electrons. The van der Waals surface area contributed by atoms with Crippen LogP contribution in [0.1, 0.15) is 72.4 Å². The molecule has 0 aliphatic rings. The minimum absolute atomic E-state index is 0.00772. The van der Waals surface area contributed by atoms with Crippen molar-refractivity contribution in [2.45, 2.75) is 91.1 Å². The van der Waals surface area contributed by atoms with Gasteiger partial charge in [-0.15, -0.1) is 0 Å². The molecular formula is C28H48N4O5. The lowest BCUT2D eigenvalue weighted by molar-refractivity contribution is -0.145. The molecule has 9 nitrogen and oxygen atoms in total. The monoisotopic (exact) mass is 520 g/mol. The lowest BCUT2D eigenvalue weighted by atomic mass is 9.94. The van der Waals surface area contributed by atoms with E-state index in [0.29, 0.717) is 17.9 Å². The number of carbonyl (C=O) groups excluding carboxylic acids is 3. The Morgan fingerprint density at radius 2 is 1.65 bits per heavy atom. The van der Waals surface area contributed by atoms with Crippen LogP contribution in [-0.2, 0) is 19.1 Å². The number of benzene rings is 1. The Balaban J connectivity index is 2.90. The summed E-state index contributed by atoms with van der Waals surface area (Å²) < 4.78 is 4.89. The predicted molar refractivity (Wildman–Crippen MR) is 145 cm³/mol. The van der Waals surface area contributed by atoms with E-state index in [1.807, 2.05) is 47.6 Å². The maximum Gasteiger partial charge on any atom is 0.333 e. The molecule has 6 atom stereocenters. The first-order valence-corrected chi connectivity index (χ1v) is 13.3. The third-order valence-corrected chi connectivity index (χ3v) is 6.67. The number of amides is 2. The highest BCUT2D eigenvalue weighted by Gasteiger charge is 2.30. The van der Waals surface area contributed by atoms with Crippen LogP contribution in [0, 0.1) is 17.8 Å². The van der Waals surface area contributed by atoms with E-state index >= 15 is 0 Å². The van der Waals surface area contributed by atoms with Crippen LogP contribution >= 0.6 is 0 Å². The molecule has 0 aliphatic carbocycles. The molecule has 0 fully saturated rings. The number of ether oxygens (including phenoxy) is 1. The highest BCUT2D eigenvalue weighted by molar-refractivity contribution is 5.87. The fraction of sp³-hybridized carbons (Fsp3) is 0.679. The first-order chi connectivity index (χ1) is 17.4. The average Bonchev–Trinajstić information content (AvgIpc) is 2.85. The normalized spacial score (nSPS) is 16.4. The number of esters is 1. The summed E-state index contributed by atoms with van der Waals surface area (Å²) in [5.41, 5.74) is 6.71. The number of carbonyl (C=O) groups is 3. The third-order valence-electron chi connectivity index (χ3n) is 6.67. The molecule has 0 saturated heterocycles. The second-order valence-electron chi connectivity index (χ2n) is 10.6. The van der Waals surface area contributed by atoms with E-state index in [-0.39, 0.29) is 42.7 Å². The van der Waals surface area contributed by atoms with E-state index < -0.39 is 30.2 Å². The fourth-order valence-corrected chi connectivity index (χ4v) is 4.14. The Bertz CT molecular complexity index is 833. The van der Waals surface area contributed by atoms with Crippen LogP contribution in [0.15, 0.2) is 30.3 Å². The number of hydrogen-bond donors (Lipinski definition) is 5. The van der Waals surface area contributed by atoms with Crippen molar-refractivity contribution in [2.75, 3.05) is 13.7 Å². The summed E-state index contributed by atoms with van der Waals surface area (Å²) in [5.74, 6) is -0.860. The van der Waals surface area contributed by atoms with E-state index in [1.165, 1.54) is 7.11 Å². The molecule has 1 aromatic carbocycles. The van der Waals surface area contributed by atoms with Gasteiger partial charge in [-0.2, -0.15) is 0 Å². The van der Waals surface area contributed by atoms with Gasteiger partial charge in [-0.1, -0.05) is 78.3 Å². The summed E-state index contributed by atoms with van der Waals surface area (Å²) >= 11 is 0. The minimum atomic E-state index is -0.936. The Hall–Kier alpha value is -2.49. The molecule has 0 heterocycles. The molecule has 1 aromatic rings. The van der Waals surface area contributed by atoms with Crippen molar-refractivity contribution in [3.63, 3.8) is 0 Å². The maximum atomic E-state index is 13.3. The Morgan fingerprint density at radius 1 is 1.03 bits per heavy atom. The molecule has 6 unspecified atom stereocenters. The van der Waals surface area contributed by atoms with Gasteiger partial charge in [0.1, 0.15) is 0 Å². The van der Waals surface area contributed by atoms with Gasteiger partial charge >= 0.3 is 5.97 Å². The topological polar surface area (TPSA) is 143 Å². The van der Waals surface area contributed by atoms with E-state index in [2.05, 4.69) is 16.0 Å². The van der Waals surface area contributed by atoms with Gasteiger partial charge in [0.05, 0.1) is 19.3 Å². The van der Waals surface area contributed by atoms with Crippen molar-refractivity contribution in [3.05, 3.63) is 35.9 Å². The molecule has 0 saturated carbocycles. The lowest BCUT2D eigenvalue weighted by Gasteiger charge is -2.30. The number of rotatable bonds is 16. The molecule has 1 rings (SSSR count). The molecule has 2 amide bonds. The summed E-state index contributed by atoms with van der Waals surface area (Å²) in [6.07, 6.45) is 0.663. The third kappa shape index (κ3) is 11.2. The Labute approximate surface area is 222 Å². The second kappa shape index (κ2) is 16.4. The smallest absolute Gasteiger partial charge is 0.333 e. The zero-order chi connectivity index (χ0) is 28.1. The standard InChI is InChI=1S/C28H48N4O5/c1-8-19(6)22(15-24(34)32-26(28(36)37-7)20-12-10-9-11-13-20)31-27(35)25(18(4)5)30-16-23(33)21(29)14-17(2)3/h9-13,17-19,21-23,25-26,30,33H,8,14-16,29H2,1-7H3,(H,31,35)(H,32,34). The summed E-state index contributed by atoms with van der Waals surface area (Å²) in [5, 5.41) is 19.4. The van der Waals surface area contributed by atoms with Gasteiger partial charge in [-0.25, -0.2) is 4.79 Å². The van der Waals surface area contributed by atoms with Crippen LogP contribution in [0.3, 0.4) is 0 Å². The molecular weight excluding hydrogens is 472 g/mol. The van der Waals surface area contributed by atoms with E-state index in [1.54, 1.807) is 24.3 Å². The maximum absolute atomic E-state index is 13.3. The van der Waals surface area contributed by atoms with Gasteiger partial charge in [0, 0.05) is 25.0 Å². The van der Waals surface area contributed by atoms with Crippen molar-refractivity contribution in [1.82, 2.24) is 16.0 Å². The zero-order valence-electron chi connectivity index (χ0n) is 23.5. The summed E-state index contributed by atoms with van der Waals surface area (Å²) in [4.78, 5) is 38.6. The van der Waals surface area contributed by atoms with Gasteiger partial charge < -0.3 is 31.5 Å². The van der Waals surface area contributed by atoms with Gasteiger partial charge in [-0.05, 0) is 29.7 Å². The zero-order valence-corrected chi connectivity index (χ0v) is 23.5. The summed E-state index contributed by atoms with van der Waals surface area (Å²) in [6, 6.07) is 6.55. The highest BCUT2D eigenvalue weighted by atomic mass is 16.5. The van der Waals surface area contributed by atoms with Gasteiger partial charge in [0.15, 0.2) is 6.04 Å². The number of aliphatic hydroxyl groups excluding tert-OH is 1. The highest BCUT2D eigenvalue weighted by Crippen LogP contribution is 2.17. The van der Waals surface area contributed by atoms with Crippen molar-refractivity contribution in [2.24, 2.45) is 23.5 Å². The Morgan fingerprint density at radius 3 is 2.16 bits per heavy atom. The van der Waals surface area contributed by atoms with Crippen molar-refractivity contribution in [3.8, 4) is 0 Å². The van der Waals surface area contributed by atoms with Crippen LogP contribution in [0.4, 0.5) is 0 Å². The van der Waals surface area contributed by atoms with Gasteiger partial charge in [0.25, 0.3) is 0 Å². The quantitative estimate of drug-likeness (QED) is 0.210. The number of nitrogens with one attached hydrogen (secondary N) is 3. The van der Waals surface area contributed by atoms with Gasteiger partial charge in [-0.3, -0.25) is 9.59 Å². The molecule has 0 spiro atoms. The van der Waals surface area contributed by atoms with Crippen molar-refractivity contribution >= 4 is 17.8 Å². The SMILES string of the molecule is CCC(C)C(CC(=O)NC(C(=O)OC)c1ccccc1)NC(=O)C(NCC(O)C(N)CC(C)C)C(C)C. The first-order valence-electron chi connectivity index (χ1n) is 13.3. The summed E-state index contributed by atoms with van der Waals surface area (Å²) in [6.45, 7) is 12.1. The van der Waals surface area contributed by atoms with Crippen LogP contribution in [-0.4, -0.2) is 60.8 Å². The van der Waals surface area contributed by atoms with E-state index in [0.717, 1.165) is 6.42 Å². The molecule has 9 heteroatoms. The van der Waals surface area contributed by atoms with E-state index in [4.69, 9.17) is 10.5 Å². The molecule has 0 bridgehead atoms. The number of nitrogens with two attached hydrogens (primary N) is 1. The summed E-state index contributed by atoms with van der Waals surface area (Å²) in [7, 11) is 1.28. The molecule has 0 aliphatic heterocycles. The molecule has 37 heavy (non-hydrogen) atoms. The van der Waals surface area contributed by atoms with Crippen LogP contribution in [0.25, 0.3) is 0 Å². The van der Waals surface area contributed by atoms with Crippen molar-refractivity contribution < 1.29 is 24.2 Å². The fourth-order valence-electron chi connectivity index (χ4n) is 4.14.